The van der Waals surface area contributed by atoms with Crippen molar-refractivity contribution in [3.8, 4) is 0 Å². The molecule has 0 bridgehead atoms. The van der Waals surface area contributed by atoms with E-state index in [2.05, 4.69) is 0 Å². The van der Waals surface area contributed by atoms with Crippen molar-refractivity contribution in [1.82, 2.24) is 0 Å². The van der Waals surface area contributed by atoms with E-state index in [0.717, 1.165) is 11.1 Å². The Morgan fingerprint density at radius 2 is 1.50 bits per heavy atom. The second-order valence-electron chi connectivity index (χ2n) is 3.10. The molecule has 1 nitrogen and oxygen atoms in total. The van der Waals surface area contributed by atoms with Gasteiger partial charge in [-0.1, -0.05) is 0 Å². The zero-order valence-corrected chi connectivity index (χ0v) is 6.35. The van der Waals surface area contributed by atoms with Crippen LogP contribution in [0, 0.1) is 11.6 Å². The number of hydrogen-bond donors (Lipinski definition) is 1. The SMILES string of the molecule is OC1Cc2cc(F)c(F)cc2C1. The van der Waals surface area contributed by atoms with Gasteiger partial charge < -0.3 is 5.11 Å². The molecule has 0 heterocycles. The summed E-state index contributed by atoms with van der Waals surface area (Å²) in [6.45, 7) is 0. The van der Waals surface area contributed by atoms with Gasteiger partial charge in [0, 0.05) is 0 Å². The summed E-state index contributed by atoms with van der Waals surface area (Å²) in [4.78, 5) is 0. The van der Waals surface area contributed by atoms with Crippen LogP contribution in [0.3, 0.4) is 0 Å². The van der Waals surface area contributed by atoms with E-state index < -0.39 is 17.7 Å². The number of aliphatic hydroxyl groups is 1. The van der Waals surface area contributed by atoms with Crippen LogP contribution in [0.1, 0.15) is 11.1 Å². The molecule has 0 aliphatic heterocycles. The largest absolute Gasteiger partial charge is 0.392 e. The summed E-state index contributed by atoms with van der Waals surface area (Å²) in [5.41, 5.74) is 1.45. The Balaban J connectivity index is 2.48. The van der Waals surface area contributed by atoms with Gasteiger partial charge in [0.15, 0.2) is 11.6 Å². The Morgan fingerprint density at radius 1 is 1.08 bits per heavy atom. The Kier molecular flexibility index (Phi) is 1.61. The van der Waals surface area contributed by atoms with Gasteiger partial charge in [0.25, 0.3) is 0 Å². The highest BCUT2D eigenvalue weighted by Crippen LogP contribution is 2.24. The predicted octanol–water partition coefficient (Wildman–Crippen LogP) is 1.42. The van der Waals surface area contributed by atoms with Gasteiger partial charge in [-0.25, -0.2) is 8.78 Å². The van der Waals surface area contributed by atoms with Crippen LogP contribution in [0.4, 0.5) is 8.78 Å². The topological polar surface area (TPSA) is 20.2 Å². The highest BCUT2D eigenvalue weighted by atomic mass is 19.2. The molecule has 0 saturated heterocycles. The van der Waals surface area contributed by atoms with Crippen LogP contribution >= 0.6 is 0 Å². The summed E-state index contributed by atoms with van der Waals surface area (Å²) in [5, 5.41) is 9.19. The van der Waals surface area contributed by atoms with Crippen molar-refractivity contribution < 1.29 is 13.9 Å². The van der Waals surface area contributed by atoms with E-state index in [4.69, 9.17) is 0 Å². The number of hydrogen-bond acceptors (Lipinski definition) is 1. The van der Waals surface area contributed by atoms with Crippen LogP contribution in [0.25, 0.3) is 0 Å². The van der Waals surface area contributed by atoms with Crippen LogP contribution < -0.4 is 0 Å². The molecule has 1 aliphatic rings. The first-order chi connectivity index (χ1) is 5.66. The fourth-order valence-corrected chi connectivity index (χ4v) is 1.59. The summed E-state index contributed by atoms with van der Waals surface area (Å²) < 4.78 is 25.3. The number of rotatable bonds is 0. The summed E-state index contributed by atoms with van der Waals surface area (Å²) in [6, 6.07) is 2.34. The molecule has 1 aromatic carbocycles. The van der Waals surface area contributed by atoms with E-state index >= 15 is 0 Å². The molecule has 0 radical (unpaired) electrons. The number of benzene rings is 1. The van der Waals surface area contributed by atoms with Gasteiger partial charge in [-0.2, -0.15) is 0 Å². The van der Waals surface area contributed by atoms with E-state index in [1.165, 1.54) is 12.1 Å². The average molecular weight is 170 g/mol. The number of fused-ring (bicyclic) bond motifs is 1. The molecule has 0 spiro atoms. The van der Waals surface area contributed by atoms with E-state index in [1.807, 2.05) is 0 Å². The van der Waals surface area contributed by atoms with Crippen LogP contribution in [0.15, 0.2) is 12.1 Å². The van der Waals surface area contributed by atoms with Gasteiger partial charge in [0.1, 0.15) is 0 Å². The zero-order valence-electron chi connectivity index (χ0n) is 6.35. The van der Waals surface area contributed by atoms with Crippen molar-refractivity contribution in [2.75, 3.05) is 0 Å². The Morgan fingerprint density at radius 3 is 1.92 bits per heavy atom. The summed E-state index contributed by atoms with van der Waals surface area (Å²) in [6.07, 6.45) is 0.403. The number of halogens is 2. The van der Waals surface area contributed by atoms with Crippen LogP contribution in [-0.2, 0) is 12.8 Å². The van der Waals surface area contributed by atoms with Gasteiger partial charge in [-0.15, -0.1) is 0 Å². The van der Waals surface area contributed by atoms with Gasteiger partial charge in [0.05, 0.1) is 6.10 Å². The zero-order chi connectivity index (χ0) is 8.72. The third kappa shape index (κ3) is 1.10. The predicted molar refractivity (Wildman–Crippen MR) is 39.8 cm³/mol. The second kappa shape index (κ2) is 2.52. The second-order valence-corrected chi connectivity index (χ2v) is 3.10. The van der Waals surface area contributed by atoms with Gasteiger partial charge in [-0.05, 0) is 36.1 Å². The third-order valence-corrected chi connectivity index (χ3v) is 2.15. The van der Waals surface area contributed by atoms with Crippen molar-refractivity contribution in [2.24, 2.45) is 0 Å². The van der Waals surface area contributed by atoms with Crippen molar-refractivity contribution in [3.63, 3.8) is 0 Å². The minimum atomic E-state index is -0.831. The van der Waals surface area contributed by atoms with Gasteiger partial charge in [-0.3, -0.25) is 0 Å². The average Bonchev–Trinajstić information content (AvgIpc) is 2.30. The first-order valence-electron chi connectivity index (χ1n) is 3.81. The fourth-order valence-electron chi connectivity index (χ4n) is 1.59. The van der Waals surface area contributed by atoms with Crippen LogP contribution in [0.2, 0.25) is 0 Å². The van der Waals surface area contributed by atoms with E-state index in [0.29, 0.717) is 12.8 Å². The summed E-state index contributed by atoms with van der Waals surface area (Å²) in [5.74, 6) is -1.66. The molecule has 0 aromatic heterocycles. The quantitative estimate of drug-likeness (QED) is 0.624. The molecular weight excluding hydrogens is 162 g/mol. The fraction of sp³-hybridized carbons (Fsp3) is 0.333. The van der Waals surface area contributed by atoms with E-state index in [9.17, 15) is 13.9 Å². The first-order valence-corrected chi connectivity index (χ1v) is 3.81. The van der Waals surface area contributed by atoms with Crippen molar-refractivity contribution >= 4 is 0 Å². The summed E-state index contributed by atoms with van der Waals surface area (Å²) in [7, 11) is 0. The molecule has 0 fully saturated rings. The Bertz CT molecular complexity index is 292. The lowest BCUT2D eigenvalue weighted by Crippen LogP contribution is -2.03. The molecule has 0 saturated carbocycles. The lowest BCUT2D eigenvalue weighted by atomic mass is 10.1. The maximum Gasteiger partial charge on any atom is 0.159 e. The van der Waals surface area contributed by atoms with Crippen molar-refractivity contribution in [1.29, 1.82) is 0 Å². The molecule has 12 heavy (non-hydrogen) atoms. The molecule has 64 valence electrons. The summed E-state index contributed by atoms with van der Waals surface area (Å²) >= 11 is 0. The smallest absolute Gasteiger partial charge is 0.159 e. The minimum absolute atomic E-state index is 0.437. The highest BCUT2D eigenvalue weighted by molar-refractivity contribution is 5.33. The van der Waals surface area contributed by atoms with Crippen LogP contribution in [-0.4, -0.2) is 11.2 Å². The molecule has 3 heteroatoms. The van der Waals surface area contributed by atoms with Crippen molar-refractivity contribution in [2.45, 2.75) is 18.9 Å². The molecule has 0 amide bonds. The normalized spacial score (nSPS) is 16.6. The Hall–Kier alpha value is -0.960. The maximum atomic E-state index is 12.6. The highest BCUT2D eigenvalue weighted by Gasteiger charge is 2.21. The molecule has 1 aromatic rings. The standard InChI is InChI=1S/C9H8F2O/c10-8-3-5-1-7(12)2-6(5)4-9(8)11/h3-4,7,12H,1-2H2. The minimum Gasteiger partial charge on any atom is -0.392 e. The molecule has 2 rings (SSSR count). The molecule has 1 aliphatic carbocycles. The van der Waals surface area contributed by atoms with Crippen LogP contribution in [0.5, 0.6) is 0 Å². The monoisotopic (exact) mass is 170 g/mol. The molecule has 0 atom stereocenters. The third-order valence-electron chi connectivity index (χ3n) is 2.15. The Labute approximate surface area is 68.6 Å². The molecular formula is C9H8F2O. The van der Waals surface area contributed by atoms with Crippen molar-refractivity contribution in [3.05, 3.63) is 34.9 Å². The number of aliphatic hydroxyl groups excluding tert-OH is 1. The van der Waals surface area contributed by atoms with E-state index in [-0.39, 0.29) is 0 Å². The molecule has 1 N–H and O–H groups in total. The maximum absolute atomic E-state index is 12.6. The first kappa shape index (κ1) is 7.68. The molecule has 0 unspecified atom stereocenters. The lowest BCUT2D eigenvalue weighted by molar-refractivity contribution is 0.187. The lowest BCUT2D eigenvalue weighted by Gasteiger charge is -1.98. The van der Waals surface area contributed by atoms with Gasteiger partial charge >= 0.3 is 0 Å². The van der Waals surface area contributed by atoms with Gasteiger partial charge in [0.2, 0.25) is 0 Å². The van der Waals surface area contributed by atoms with E-state index in [1.54, 1.807) is 0 Å².